The summed E-state index contributed by atoms with van der Waals surface area (Å²) in [6.07, 6.45) is 1.49. The van der Waals surface area contributed by atoms with Crippen LogP contribution < -0.4 is 10.9 Å². The van der Waals surface area contributed by atoms with Gasteiger partial charge in [0, 0.05) is 29.9 Å². The number of hydrogen-bond donors (Lipinski definition) is 3. The minimum Gasteiger partial charge on any atom is -0.394 e. The number of carbonyl (C=O) groups excluding carboxylic acids is 1. The number of hydrogen-bond acceptors (Lipinski definition) is 3. The smallest absolute Gasteiger partial charge is 0.322 e. The molecule has 0 aliphatic carbocycles. The van der Waals surface area contributed by atoms with Crippen LogP contribution in [0.3, 0.4) is 0 Å². The zero-order valence-electron chi connectivity index (χ0n) is 14.4. The quantitative estimate of drug-likeness (QED) is 0.638. The highest BCUT2D eigenvalue weighted by atomic mass is 35.5. The van der Waals surface area contributed by atoms with Crippen molar-refractivity contribution in [2.75, 3.05) is 19.0 Å². The number of halogens is 2. The predicted molar refractivity (Wildman–Crippen MR) is 103 cm³/mol. The summed E-state index contributed by atoms with van der Waals surface area (Å²) < 4.78 is 13.3. The van der Waals surface area contributed by atoms with Gasteiger partial charge < -0.3 is 20.3 Å². The van der Waals surface area contributed by atoms with Gasteiger partial charge in [0.2, 0.25) is 0 Å². The molecule has 2 amide bonds. The van der Waals surface area contributed by atoms with E-state index >= 15 is 0 Å². The number of amides is 2. The molecular formula is C19H17ClFN3O3. The number of aromatic amines is 1. The molecule has 0 radical (unpaired) electrons. The highest BCUT2D eigenvalue weighted by Crippen LogP contribution is 2.26. The second-order valence-corrected chi connectivity index (χ2v) is 6.39. The number of anilines is 1. The van der Waals surface area contributed by atoms with Gasteiger partial charge in [-0.05, 0) is 29.7 Å². The van der Waals surface area contributed by atoms with E-state index in [0.29, 0.717) is 22.0 Å². The van der Waals surface area contributed by atoms with Crippen LogP contribution in [0, 0.1) is 5.82 Å². The van der Waals surface area contributed by atoms with Crippen molar-refractivity contribution < 1.29 is 14.3 Å². The average Bonchev–Trinajstić information content (AvgIpc) is 2.67. The summed E-state index contributed by atoms with van der Waals surface area (Å²) in [7, 11) is 1.52. The van der Waals surface area contributed by atoms with Crippen LogP contribution in [0.1, 0.15) is 11.6 Å². The molecule has 6 nitrogen and oxygen atoms in total. The fourth-order valence-corrected chi connectivity index (χ4v) is 3.04. The maximum absolute atomic E-state index is 13.3. The zero-order valence-corrected chi connectivity index (χ0v) is 15.1. The highest BCUT2D eigenvalue weighted by molar-refractivity contribution is 6.31. The molecule has 0 saturated heterocycles. The molecule has 1 heterocycles. The second-order valence-electron chi connectivity index (χ2n) is 5.99. The van der Waals surface area contributed by atoms with Gasteiger partial charge in [-0.3, -0.25) is 4.79 Å². The molecule has 0 unspecified atom stereocenters. The molecule has 140 valence electrons. The van der Waals surface area contributed by atoms with Crippen molar-refractivity contribution in [2.24, 2.45) is 0 Å². The number of nitrogens with zero attached hydrogens (tertiary/aromatic N) is 1. The fourth-order valence-electron chi connectivity index (χ4n) is 2.86. The van der Waals surface area contributed by atoms with Gasteiger partial charge >= 0.3 is 6.03 Å². The van der Waals surface area contributed by atoms with E-state index < -0.39 is 17.9 Å². The van der Waals surface area contributed by atoms with E-state index in [1.807, 2.05) is 0 Å². The van der Waals surface area contributed by atoms with Crippen molar-refractivity contribution in [1.82, 2.24) is 9.88 Å². The Morgan fingerprint density at radius 2 is 2.00 bits per heavy atom. The van der Waals surface area contributed by atoms with Crippen LogP contribution in [0.2, 0.25) is 5.02 Å². The number of aliphatic hydroxyl groups is 1. The number of fused-ring (bicyclic) bond motifs is 1. The monoisotopic (exact) mass is 389 g/mol. The molecule has 0 spiro atoms. The first-order valence-corrected chi connectivity index (χ1v) is 8.50. The van der Waals surface area contributed by atoms with Crippen LogP contribution >= 0.6 is 11.6 Å². The Kier molecular flexibility index (Phi) is 5.43. The maximum Gasteiger partial charge on any atom is 0.322 e. The van der Waals surface area contributed by atoms with Crippen molar-refractivity contribution in [1.29, 1.82) is 0 Å². The van der Waals surface area contributed by atoms with Crippen molar-refractivity contribution >= 4 is 34.1 Å². The lowest BCUT2D eigenvalue weighted by molar-refractivity contribution is 0.159. The molecule has 0 aliphatic rings. The number of aliphatic hydroxyl groups excluding tert-OH is 1. The van der Waals surface area contributed by atoms with Gasteiger partial charge in [-0.25, -0.2) is 9.18 Å². The second kappa shape index (κ2) is 7.77. The first-order chi connectivity index (χ1) is 12.9. The van der Waals surface area contributed by atoms with Crippen molar-refractivity contribution in [3.8, 4) is 0 Å². The summed E-state index contributed by atoms with van der Waals surface area (Å²) in [5, 5.41) is 13.5. The summed E-state index contributed by atoms with van der Waals surface area (Å²) in [5.41, 5.74) is 0.669. The molecule has 0 aliphatic heterocycles. The fraction of sp³-hybridized carbons (Fsp3) is 0.158. The normalized spacial score (nSPS) is 12.0. The van der Waals surface area contributed by atoms with Gasteiger partial charge in [-0.15, -0.1) is 0 Å². The lowest BCUT2D eigenvalue weighted by Gasteiger charge is -2.28. The molecule has 2 aromatic carbocycles. The highest BCUT2D eigenvalue weighted by Gasteiger charge is 2.23. The summed E-state index contributed by atoms with van der Waals surface area (Å²) in [5.74, 6) is -0.587. The third-order valence-electron chi connectivity index (χ3n) is 4.33. The minimum absolute atomic E-state index is 0.110. The van der Waals surface area contributed by atoms with Gasteiger partial charge in [0.15, 0.2) is 0 Å². The van der Waals surface area contributed by atoms with Gasteiger partial charge in [0.1, 0.15) is 5.82 Å². The summed E-state index contributed by atoms with van der Waals surface area (Å²) >= 11 is 5.73. The van der Waals surface area contributed by atoms with E-state index in [1.54, 1.807) is 24.3 Å². The predicted octanol–water partition coefficient (Wildman–Crippen LogP) is 3.52. The minimum atomic E-state index is -0.706. The van der Waals surface area contributed by atoms with Crippen molar-refractivity contribution in [3.05, 3.63) is 75.4 Å². The summed E-state index contributed by atoms with van der Waals surface area (Å²) in [6.45, 7) is -0.357. The summed E-state index contributed by atoms with van der Waals surface area (Å²) in [6, 6.07) is 9.55. The Labute approximate surface area is 159 Å². The topological polar surface area (TPSA) is 85.4 Å². The Hall–Kier alpha value is -2.90. The summed E-state index contributed by atoms with van der Waals surface area (Å²) in [4.78, 5) is 28.5. The number of urea groups is 1. The lowest BCUT2D eigenvalue weighted by atomic mass is 10.0. The first kappa shape index (κ1) is 18.9. The third kappa shape index (κ3) is 3.79. The van der Waals surface area contributed by atoms with E-state index in [0.717, 1.165) is 6.07 Å². The van der Waals surface area contributed by atoms with Crippen LogP contribution in [-0.2, 0) is 0 Å². The van der Waals surface area contributed by atoms with Crippen LogP contribution in [0.15, 0.2) is 53.5 Å². The number of carbonyl (C=O) groups is 1. The first-order valence-electron chi connectivity index (χ1n) is 8.12. The standard InChI is InChI=1S/C19H17ClFN3O3/c1-24(19(27)23-11-6-7-16(21)15(20)8-11)17(10-25)14-9-22-18(26)13-5-3-2-4-12(13)14/h2-9,17,25H,10H2,1H3,(H,22,26)(H,23,27)/t17-/m0/s1. The molecule has 0 fully saturated rings. The van der Waals surface area contributed by atoms with Crippen LogP contribution in [0.25, 0.3) is 10.8 Å². The van der Waals surface area contributed by atoms with E-state index in [2.05, 4.69) is 10.3 Å². The zero-order chi connectivity index (χ0) is 19.6. The molecule has 3 rings (SSSR count). The van der Waals surface area contributed by atoms with E-state index in [9.17, 15) is 19.1 Å². The van der Waals surface area contributed by atoms with Gasteiger partial charge in [0.25, 0.3) is 5.56 Å². The Bertz CT molecular complexity index is 1050. The van der Waals surface area contributed by atoms with Crippen LogP contribution in [0.5, 0.6) is 0 Å². The number of nitrogens with one attached hydrogen (secondary N) is 2. The Balaban J connectivity index is 1.91. The Morgan fingerprint density at radius 1 is 1.30 bits per heavy atom. The van der Waals surface area contributed by atoms with E-state index in [1.165, 1.54) is 30.3 Å². The SMILES string of the molecule is CN(C(=O)Nc1ccc(F)c(Cl)c1)[C@@H](CO)c1c[nH]c(=O)c2ccccc12. The maximum atomic E-state index is 13.3. The van der Waals surface area contributed by atoms with E-state index in [4.69, 9.17) is 11.6 Å². The molecule has 8 heteroatoms. The molecule has 3 aromatic rings. The molecule has 1 aromatic heterocycles. The largest absolute Gasteiger partial charge is 0.394 e. The number of benzene rings is 2. The molecule has 3 N–H and O–H groups in total. The third-order valence-corrected chi connectivity index (χ3v) is 4.62. The molecule has 0 bridgehead atoms. The molecular weight excluding hydrogens is 373 g/mol. The number of likely N-dealkylation sites (N-methyl/N-ethyl adjacent to an activating group) is 1. The molecule has 27 heavy (non-hydrogen) atoms. The average molecular weight is 390 g/mol. The van der Waals surface area contributed by atoms with Crippen molar-refractivity contribution in [3.63, 3.8) is 0 Å². The lowest BCUT2D eigenvalue weighted by Crippen LogP contribution is -2.37. The van der Waals surface area contributed by atoms with E-state index in [-0.39, 0.29) is 17.2 Å². The van der Waals surface area contributed by atoms with Crippen LogP contribution in [0.4, 0.5) is 14.9 Å². The Morgan fingerprint density at radius 3 is 2.67 bits per heavy atom. The van der Waals surface area contributed by atoms with Crippen molar-refractivity contribution in [2.45, 2.75) is 6.04 Å². The number of H-pyrrole nitrogens is 1. The number of aromatic nitrogens is 1. The van der Waals surface area contributed by atoms with Gasteiger partial charge in [0.05, 0.1) is 17.7 Å². The molecule has 1 atom stereocenters. The molecule has 0 saturated carbocycles. The number of rotatable bonds is 4. The van der Waals surface area contributed by atoms with Gasteiger partial charge in [-0.1, -0.05) is 29.8 Å². The van der Waals surface area contributed by atoms with Crippen LogP contribution in [-0.4, -0.2) is 34.7 Å². The number of pyridine rings is 1. The van der Waals surface area contributed by atoms with Gasteiger partial charge in [-0.2, -0.15) is 0 Å².